The number of piperidine rings is 1. The number of nitrogens with one attached hydrogen (secondary N) is 1. The number of likely N-dealkylation sites (tertiary alicyclic amines) is 1. The van der Waals surface area contributed by atoms with Crippen LogP contribution in [0.25, 0.3) is 0 Å². The Morgan fingerprint density at radius 1 is 1.33 bits per heavy atom. The number of hydrogen-bond acceptors (Lipinski definition) is 2. The minimum Gasteiger partial charge on any atom is -0.307 e. The van der Waals surface area contributed by atoms with E-state index in [1.165, 1.54) is 11.6 Å². The molecule has 1 unspecified atom stereocenters. The summed E-state index contributed by atoms with van der Waals surface area (Å²) in [6, 6.07) is 7.61. The number of hydrogen-bond donors (Lipinski definition) is 1. The van der Waals surface area contributed by atoms with Crippen molar-refractivity contribution in [3.05, 3.63) is 47.3 Å². The molecule has 21 heavy (non-hydrogen) atoms. The first-order valence-corrected chi connectivity index (χ1v) is 7.92. The fraction of sp³-hybridized carbons (Fsp3) is 0.556. The van der Waals surface area contributed by atoms with Crippen LogP contribution in [-0.2, 0) is 0 Å². The van der Waals surface area contributed by atoms with Gasteiger partial charge in [-0.25, -0.2) is 4.39 Å². The maximum atomic E-state index is 13.8. The van der Waals surface area contributed by atoms with Gasteiger partial charge < -0.3 is 5.32 Å². The molecule has 0 aliphatic carbocycles. The Hall–Kier alpha value is -1.19. The molecule has 0 saturated carbocycles. The molecule has 0 aromatic heterocycles. The fourth-order valence-electron chi connectivity index (χ4n) is 2.86. The summed E-state index contributed by atoms with van der Waals surface area (Å²) >= 11 is 0. The van der Waals surface area contributed by atoms with E-state index >= 15 is 0 Å². The molecule has 0 amide bonds. The van der Waals surface area contributed by atoms with Crippen LogP contribution in [0.3, 0.4) is 0 Å². The van der Waals surface area contributed by atoms with Gasteiger partial charge in [-0.1, -0.05) is 29.8 Å². The van der Waals surface area contributed by atoms with Crippen molar-refractivity contribution >= 4 is 0 Å². The van der Waals surface area contributed by atoms with Crippen LogP contribution in [0.1, 0.15) is 45.2 Å². The maximum Gasteiger partial charge on any atom is 0.127 e. The lowest BCUT2D eigenvalue weighted by molar-refractivity contribution is 0.208. The molecular weight excluding hydrogens is 263 g/mol. The molecule has 1 aromatic rings. The topological polar surface area (TPSA) is 15.3 Å². The lowest BCUT2D eigenvalue weighted by Gasteiger charge is -2.33. The Balaban J connectivity index is 1.81. The zero-order valence-corrected chi connectivity index (χ0v) is 13.4. The lowest BCUT2D eigenvalue weighted by Crippen LogP contribution is -2.43. The first kappa shape index (κ1) is 16.2. The van der Waals surface area contributed by atoms with Gasteiger partial charge in [0.25, 0.3) is 0 Å². The van der Waals surface area contributed by atoms with Crippen molar-refractivity contribution in [3.63, 3.8) is 0 Å². The summed E-state index contributed by atoms with van der Waals surface area (Å²) in [5.74, 6) is -0.113. The second-order valence-corrected chi connectivity index (χ2v) is 6.27. The summed E-state index contributed by atoms with van der Waals surface area (Å²) in [6.07, 6.45) is 4.56. The average molecular weight is 290 g/mol. The summed E-state index contributed by atoms with van der Waals surface area (Å²) in [6.45, 7) is 9.62. The van der Waals surface area contributed by atoms with Gasteiger partial charge >= 0.3 is 0 Å². The summed E-state index contributed by atoms with van der Waals surface area (Å²) in [5, 5.41) is 3.58. The Labute approximate surface area is 128 Å². The van der Waals surface area contributed by atoms with E-state index in [1.807, 2.05) is 19.1 Å². The van der Waals surface area contributed by atoms with E-state index < -0.39 is 0 Å². The summed E-state index contributed by atoms with van der Waals surface area (Å²) in [5.41, 5.74) is 2.15. The fourth-order valence-corrected chi connectivity index (χ4v) is 2.86. The van der Waals surface area contributed by atoms with Gasteiger partial charge in [-0.05, 0) is 52.8 Å². The quantitative estimate of drug-likeness (QED) is 0.827. The molecule has 1 heterocycles. The second kappa shape index (κ2) is 7.71. The van der Waals surface area contributed by atoms with Gasteiger partial charge in [0, 0.05) is 24.2 Å². The first-order valence-electron chi connectivity index (χ1n) is 7.92. The van der Waals surface area contributed by atoms with Crippen molar-refractivity contribution in [1.29, 1.82) is 0 Å². The van der Waals surface area contributed by atoms with Crippen LogP contribution in [0.15, 0.2) is 35.9 Å². The Morgan fingerprint density at radius 2 is 2.00 bits per heavy atom. The number of benzene rings is 1. The Kier molecular flexibility index (Phi) is 5.95. The molecule has 2 rings (SSSR count). The van der Waals surface area contributed by atoms with Crippen molar-refractivity contribution in [2.75, 3.05) is 19.6 Å². The molecule has 1 aliphatic rings. The zero-order chi connectivity index (χ0) is 15.2. The number of allylic oxidation sites excluding steroid dienone is 1. The highest BCUT2D eigenvalue weighted by Crippen LogP contribution is 2.19. The molecule has 2 nitrogen and oxygen atoms in total. The largest absolute Gasteiger partial charge is 0.307 e. The van der Waals surface area contributed by atoms with Gasteiger partial charge in [0.05, 0.1) is 0 Å². The zero-order valence-electron chi connectivity index (χ0n) is 13.4. The number of halogens is 1. The highest BCUT2D eigenvalue weighted by Gasteiger charge is 2.21. The van der Waals surface area contributed by atoms with Gasteiger partial charge in [0.2, 0.25) is 0 Å². The van der Waals surface area contributed by atoms with E-state index in [9.17, 15) is 4.39 Å². The molecule has 0 spiro atoms. The smallest absolute Gasteiger partial charge is 0.127 e. The van der Waals surface area contributed by atoms with Crippen LogP contribution < -0.4 is 5.32 Å². The standard InChI is InChI=1S/C18H27FN2/c1-14(2)8-11-21-12-9-16(10-13-21)20-15(3)17-6-4-5-7-18(17)19/h4-8,15-16,20H,9-13H2,1-3H3. The molecule has 1 N–H and O–H groups in total. The van der Waals surface area contributed by atoms with Crippen LogP contribution in [0, 0.1) is 5.82 Å². The third-order valence-corrected chi connectivity index (χ3v) is 4.20. The molecule has 116 valence electrons. The molecule has 3 heteroatoms. The number of nitrogens with zero attached hydrogens (tertiary/aromatic N) is 1. The molecule has 1 aliphatic heterocycles. The predicted molar refractivity (Wildman–Crippen MR) is 86.8 cm³/mol. The molecule has 1 aromatic carbocycles. The van der Waals surface area contributed by atoms with E-state index in [4.69, 9.17) is 0 Å². The summed E-state index contributed by atoms with van der Waals surface area (Å²) in [7, 11) is 0. The highest BCUT2D eigenvalue weighted by atomic mass is 19.1. The molecular formula is C18H27FN2. The third-order valence-electron chi connectivity index (χ3n) is 4.20. The first-order chi connectivity index (χ1) is 10.1. The normalized spacial score (nSPS) is 18.5. The van der Waals surface area contributed by atoms with Crippen LogP contribution in [0.5, 0.6) is 0 Å². The summed E-state index contributed by atoms with van der Waals surface area (Å²) in [4.78, 5) is 2.49. The lowest BCUT2D eigenvalue weighted by atomic mass is 10.0. The van der Waals surface area contributed by atoms with Crippen LogP contribution in [-0.4, -0.2) is 30.6 Å². The molecule has 1 atom stereocenters. The van der Waals surface area contributed by atoms with Crippen molar-refractivity contribution in [2.45, 2.75) is 45.7 Å². The van der Waals surface area contributed by atoms with Crippen LogP contribution >= 0.6 is 0 Å². The minimum atomic E-state index is -0.113. The number of rotatable bonds is 5. The molecule has 1 saturated heterocycles. The maximum absolute atomic E-state index is 13.8. The van der Waals surface area contributed by atoms with E-state index in [1.54, 1.807) is 6.07 Å². The van der Waals surface area contributed by atoms with E-state index in [-0.39, 0.29) is 11.9 Å². The van der Waals surface area contributed by atoms with Crippen molar-refractivity contribution in [3.8, 4) is 0 Å². The summed E-state index contributed by atoms with van der Waals surface area (Å²) < 4.78 is 13.8. The van der Waals surface area contributed by atoms with E-state index in [0.29, 0.717) is 6.04 Å². The van der Waals surface area contributed by atoms with Crippen LogP contribution in [0.4, 0.5) is 4.39 Å². The molecule has 0 radical (unpaired) electrons. The second-order valence-electron chi connectivity index (χ2n) is 6.27. The van der Waals surface area contributed by atoms with E-state index in [0.717, 1.165) is 38.0 Å². The van der Waals surface area contributed by atoms with Crippen molar-refractivity contribution in [1.82, 2.24) is 10.2 Å². The average Bonchev–Trinajstić information content (AvgIpc) is 2.47. The SMILES string of the molecule is CC(C)=CCN1CCC(NC(C)c2ccccc2F)CC1. The molecule has 0 bridgehead atoms. The predicted octanol–water partition coefficient (Wildman–Crippen LogP) is 3.91. The van der Waals surface area contributed by atoms with Crippen molar-refractivity contribution in [2.24, 2.45) is 0 Å². The van der Waals surface area contributed by atoms with Crippen LogP contribution in [0.2, 0.25) is 0 Å². The Bertz CT molecular complexity index is 472. The monoisotopic (exact) mass is 290 g/mol. The van der Waals surface area contributed by atoms with Gasteiger partial charge in [0.15, 0.2) is 0 Å². The van der Waals surface area contributed by atoms with Gasteiger partial charge in [-0.2, -0.15) is 0 Å². The van der Waals surface area contributed by atoms with Gasteiger partial charge in [-0.3, -0.25) is 4.90 Å². The third kappa shape index (κ3) is 4.94. The molecule has 1 fully saturated rings. The van der Waals surface area contributed by atoms with Gasteiger partial charge in [0.1, 0.15) is 5.82 Å². The Morgan fingerprint density at radius 3 is 2.62 bits per heavy atom. The van der Waals surface area contributed by atoms with Gasteiger partial charge in [-0.15, -0.1) is 0 Å². The van der Waals surface area contributed by atoms with E-state index in [2.05, 4.69) is 30.1 Å². The minimum absolute atomic E-state index is 0.0699. The van der Waals surface area contributed by atoms with Crippen molar-refractivity contribution < 1.29 is 4.39 Å². The highest BCUT2D eigenvalue weighted by molar-refractivity contribution is 5.20.